The largest absolute Gasteiger partial charge is 0.481 e. The quantitative estimate of drug-likeness (QED) is 0.880. The van der Waals surface area contributed by atoms with Crippen LogP contribution in [0, 0.1) is 5.41 Å². The maximum absolute atomic E-state index is 10.8. The molecular weight excluding hydrogens is 248 g/mol. The molecule has 6 heteroatoms. The van der Waals surface area contributed by atoms with E-state index >= 15 is 0 Å². The molecule has 106 valence electrons. The first-order valence-corrected chi connectivity index (χ1v) is 6.50. The summed E-state index contributed by atoms with van der Waals surface area (Å²) >= 11 is 0. The molecule has 0 aliphatic carbocycles. The second kappa shape index (κ2) is 4.92. The first kappa shape index (κ1) is 14.0. The molecule has 1 fully saturated rings. The lowest BCUT2D eigenvalue weighted by Gasteiger charge is -2.20. The second-order valence-electron chi connectivity index (χ2n) is 6.11. The van der Waals surface area contributed by atoms with E-state index in [1.165, 1.54) is 0 Å². The minimum absolute atomic E-state index is 0.0679. The number of nitrogens with zero attached hydrogens (tertiary/aromatic N) is 2. The van der Waals surface area contributed by atoms with Crippen LogP contribution in [0.4, 0.5) is 0 Å². The molecule has 19 heavy (non-hydrogen) atoms. The Kier molecular flexibility index (Phi) is 3.62. The van der Waals surface area contributed by atoms with E-state index in [0.29, 0.717) is 24.7 Å². The molecule has 2 rings (SSSR count). The van der Waals surface area contributed by atoms with Crippen molar-refractivity contribution in [3.05, 3.63) is 11.7 Å². The second-order valence-corrected chi connectivity index (χ2v) is 6.11. The highest BCUT2D eigenvalue weighted by molar-refractivity contribution is 5.67. The standard InChI is InChI=1S/C13H20N2O4/c1-12(2,8-10(16)17)7-9-14-11(15-19-9)13(3)5-4-6-18-13/h4-8H2,1-3H3,(H,16,17). The number of ether oxygens (including phenoxy) is 1. The number of carboxylic acid groups (broad SMARTS) is 1. The Balaban J connectivity index is 2.07. The monoisotopic (exact) mass is 268 g/mol. The van der Waals surface area contributed by atoms with Crippen LogP contribution in [0.1, 0.15) is 51.7 Å². The van der Waals surface area contributed by atoms with Gasteiger partial charge in [0.05, 0.1) is 6.42 Å². The molecule has 0 radical (unpaired) electrons. The predicted octanol–water partition coefficient (Wildman–Crippen LogP) is 2.14. The van der Waals surface area contributed by atoms with Crippen molar-refractivity contribution < 1.29 is 19.2 Å². The predicted molar refractivity (Wildman–Crippen MR) is 66.6 cm³/mol. The first-order chi connectivity index (χ1) is 8.81. The Hall–Kier alpha value is -1.43. The number of hydrogen-bond donors (Lipinski definition) is 1. The molecule has 0 amide bonds. The van der Waals surface area contributed by atoms with E-state index in [1.54, 1.807) is 0 Å². The van der Waals surface area contributed by atoms with Gasteiger partial charge in [-0.25, -0.2) is 0 Å². The van der Waals surface area contributed by atoms with Gasteiger partial charge in [0.1, 0.15) is 5.60 Å². The van der Waals surface area contributed by atoms with Crippen LogP contribution in [0.3, 0.4) is 0 Å². The Morgan fingerprint density at radius 2 is 2.26 bits per heavy atom. The van der Waals surface area contributed by atoms with Crippen molar-refractivity contribution in [3.8, 4) is 0 Å². The number of carboxylic acids is 1. The number of carbonyl (C=O) groups is 1. The van der Waals surface area contributed by atoms with Crippen LogP contribution < -0.4 is 0 Å². The van der Waals surface area contributed by atoms with Crippen LogP contribution in [-0.4, -0.2) is 27.8 Å². The van der Waals surface area contributed by atoms with Crippen molar-refractivity contribution in [1.82, 2.24) is 10.1 Å². The maximum Gasteiger partial charge on any atom is 0.303 e. The molecule has 1 aromatic heterocycles. The summed E-state index contributed by atoms with van der Waals surface area (Å²) in [5.74, 6) is 0.208. The molecule has 1 aliphatic heterocycles. The smallest absolute Gasteiger partial charge is 0.303 e. The van der Waals surface area contributed by atoms with E-state index in [0.717, 1.165) is 12.8 Å². The molecule has 6 nitrogen and oxygen atoms in total. The number of aromatic nitrogens is 2. The van der Waals surface area contributed by atoms with Gasteiger partial charge in [0.15, 0.2) is 0 Å². The summed E-state index contributed by atoms with van der Waals surface area (Å²) in [6.45, 7) is 6.42. The van der Waals surface area contributed by atoms with Gasteiger partial charge < -0.3 is 14.4 Å². The lowest BCUT2D eigenvalue weighted by Crippen LogP contribution is -2.22. The average molecular weight is 268 g/mol. The van der Waals surface area contributed by atoms with Crippen molar-refractivity contribution >= 4 is 5.97 Å². The van der Waals surface area contributed by atoms with Gasteiger partial charge in [0.25, 0.3) is 0 Å². The zero-order valence-corrected chi connectivity index (χ0v) is 11.6. The highest BCUT2D eigenvalue weighted by Gasteiger charge is 2.37. The van der Waals surface area contributed by atoms with E-state index in [-0.39, 0.29) is 6.42 Å². The zero-order valence-electron chi connectivity index (χ0n) is 11.6. The lowest BCUT2D eigenvalue weighted by atomic mass is 9.86. The molecule has 1 unspecified atom stereocenters. The van der Waals surface area contributed by atoms with Gasteiger partial charge in [-0.2, -0.15) is 4.98 Å². The van der Waals surface area contributed by atoms with Crippen molar-refractivity contribution in [2.75, 3.05) is 6.61 Å². The summed E-state index contributed by atoms with van der Waals surface area (Å²) in [7, 11) is 0. The molecule has 2 heterocycles. The fourth-order valence-corrected chi connectivity index (χ4v) is 2.38. The van der Waals surface area contributed by atoms with Crippen LogP contribution in [0.2, 0.25) is 0 Å². The van der Waals surface area contributed by atoms with E-state index in [4.69, 9.17) is 14.4 Å². The molecule has 0 spiro atoms. The van der Waals surface area contributed by atoms with Crippen molar-refractivity contribution in [2.24, 2.45) is 5.41 Å². The van der Waals surface area contributed by atoms with Gasteiger partial charge in [0.2, 0.25) is 11.7 Å². The van der Waals surface area contributed by atoms with Crippen LogP contribution in [0.5, 0.6) is 0 Å². The van der Waals surface area contributed by atoms with Crippen molar-refractivity contribution in [2.45, 2.75) is 52.1 Å². The van der Waals surface area contributed by atoms with Crippen LogP contribution in [0.25, 0.3) is 0 Å². The van der Waals surface area contributed by atoms with Crippen molar-refractivity contribution in [1.29, 1.82) is 0 Å². The summed E-state index contributed by atoms with van der Waals surface area (Å²) in [4.78, 5) is 15.1. The van der Waals surface area contributed by atoms with E-state index in [2.05, 4.69) is 10.1 Å². The molecule has 1 saturated heterocycles. The number of hydrogen-bond acceptors (Lipinski definition) is 5. The highest BCUT2D eigenvalue weighted by atomic mass is 16.5. The topological polar surface area (TPSA) is 85.5 Å². The van der Waals surface area contributed by atoms with E-state index in [9.17, 15) is 4.79 Å². The molecule has 1 N–H and O–H groups in total. The first-order valence-electron chi connectivity index (χ1n) is 6.50. The summed E-state index contributed by atoms with van der Waals surface area (Å²) in [5, 5.41) is 12.8. The third kappa shape index (κ3) is 3.32. The van der Waals surface area contributed by atoms with Gasteiger partial charge in [-0.15, -0.1) is 0 Å². The van der Waals surface area contributed by atoms with E-state index in [1.807, 2.05) is 20.8 Å². The SMILES string of the molecule is CC(C)(CC(=O)O)Cc1nc(C2(C)CCCO2)no1. The van der Waals surface area contributed by atoms with Crippen molar-refractivity contribution in [3.63, 3.8) is 0 Å². The molecule has 0 saturated carbocycles. The third-order valence-corrected chi connectivity index (χ3v) is 3.42. The van der Waals surface area contributed by atoms with Crippen LogP contribution in [-0.2, 0) is 21.6 Å². The summed E-state index contributed by atoms with van der Waals surface area (Å²) in [6.07, 6.45) is 2.39. The fourth-order valence-electron chi connectivity index (χ4n) is 2.38. The van der Waals surface area contributed by atoms with E-state index < -0.39 is 17.0 Å². The van der Waals surface area contributed by atoms with Gasteiger partial charge in [-0.1, -0.05) is 19.0 Å². The summed E-state index contributed by atoms with van der Waals surface area (Å²) in [6, 6.07) is 0. The molecule has 1 aliphatic rings. The summed E-state index contributed by atoms with van der Waals surface area (Å²) < 4.78 is 10.9. The minimum atomic E-state index is -0.823. The Labute approximate surface area is 112 Å². The zero-order chi connectivity index (χ0) is 14.1. The highest BCUT2D eigenvalue weighted by Crippen LogP contribution is 2.34. The number of aliphatic carboxylic acids is 1. The lowest BCUT2D eigenvalue weighted by molar-refractivity contribution is -0.139. The summed E-state index contributed by atoms with van der Waals surface area (Å²) in [5.41, 5.74) is -0.869. The Morgan fingerprint density at radius 3 is 2.84 bits per heavy atom. The van der Waals surface area contributed by atoms with Gasteiger partial charge in [-0.3, -0.25) is 4.79 Å². The molecular formula is C13H20N2O4. The molecule has 0 bridgehead atoms. The van der Waals surface area contributed by atoms with Gasteiger partial charge >= 0.3 is 5.97 Å². The van der Waals surface area contributed by atoms with Gasteiger partial charge in [0, 0.05) is 13.0 Å². The Morgan fingerprint density at radius 1 is 1.53 bits per heavy atom. The fraction of sp³-hybridized carbons (Fsp3) is 0.769. The van der Waals surface area contributed by atoms with Crippen LogP contribution in [0.15, 0.2) is 4.52 Å². The maximum atomic E-state index is 10.8. The molecule has 1 atom stereocenters. The normalized spacial score (nSPS) is 23.7. The molecule has 0 aromatic carbocycles. The third-order valence-electron chi connectivity index (χ3n) is 3.42. The van der Waals surface area contributed by atoms with Crippen LogP contribution >= 0.6 is 0 Å². The molecule has 1 aromatic rings. The Bertz CT molecular complexity index is 461. The number of rotatable bonds is 5. The van der Waals surface area contributed by atoms with Gasteiger partial charge in [-0.05, 0) is 25.2 Å². The minimum Gasteiger partial charge on any atom is -0.481 e. The average Bonchev–Trinajstić information content (AvgIpc) is 2.85.